The van der Waals surface area contributed by atoms with E-state index in [4.69, 9.17) is 11.6 Å². The summed E-state index contributed by atoms with van der Waals surface area (Å²) in [7, 11) is -3.50. The highest BCUT2D eigenvalue weighted by Crippen LogP contribution is 2.57. The zero-order chi connectivity index (χ0) is 25.9. The van der Waals surface area contributed by atoms with Crippen molar-refractivity contribution in [2.45, 2.75) is 25.7 Å². The monoisotopic (exact) mass is 552 g/mol. The van der Waals surface area contributed by atoms with Crippen molar-refractivity contribution < 1.29 is 22.0 Å². The number of aryl methyl sites for hydroxylation is 1. The molecule has 5 rings (SSSR count). The molecule has 1 aliphatic carbocycles. The molecule has 1 saturated heterocycles. The summed E-state index contributed by atoms with van der Waals surface area (Å²) in [5, 5.41) is 3.02. The van der Waals surface area contributed by atoms with Crippen LogP contribution < -0.4 is 14.9 Å². The summed E-state index contributed by atoms with van der Waals surface area (Å²) in [4.78, 5) is 20.9. The minimum atomic E-state index is -3.50. The smallest absolute Gasteiger partial charge is 0.265 e. The zero-order valence-corrected chi connectivity index (χ0v) is 21.8. The number of carbonyl (C=O) groups excluding carboxylic acids is 1. The molecule has 2 aliphatic rings. The van der Waals surface area contributed by atoms with Gasteiger partial charge in [0.25, 0.3) is 5.91 Å². The number of hydrogen-bond donors (Lipinski definition) is 2. The maximum absolute atomic E-state index is 13.2. The van der Waals surface area contributed by atoms with E-state index in [9.17, 15) is 22.0 Å². The molecule has 3 aromatic rings. The Balaban J connectivity index is 1.27. The van der Waals surface area contributed by atoms with E-state index in [1.165, 1.54) is 29.5 Å². The summed E-state index contributed by atoms with van der Waals surface area (Å²) in [6.07, 6.45) is 2.69. The molecular weight excluding hydrogens is 530 g/mol. The van der Waals surface area contributed by atoms with Crippen molar-refractivity contribution in [3.05, 3.63) is 57.4 Å². The number of hydrogen-bond acceptors (Lipinski definition) is 6. The first-order valence-electron chi connectivity index (χ1n) is 11.1. The van der Waals surface area contributed by atoms with E-state index in [0.29, 0.717) is 29.3 Å². The van der Waals surface area contributed by atoms with Crippen LogP contribution in [0, 0.1) is 12.3 Å². The summed E-state index contributed by atoms with van der Waals surface area (Å²) >= 11 is 7.39. The fourth-order valence-corrected chi connectivity index (χ4v) is 6.63. The van der Waals surface area contributed by atoms with Gasteiger partial charge in [-0.25, -0.2) is 17.2 Å². The number of halogens is 3. The molecule has 0 radical (unpaired) electrons. The summed E-state index contributed by atoms with van der Waals surface area (Å²) in [6, 6.07) is 10.0. The van der Waals surface area contributed by atoms with Gasteiger partial charge in [-0.15, -0.1) is 11.3 Å². The molecule has 1 amide bonds. The Kier molecular flexibility index (Phi) is 6.00. The lowest BCUT2D eigenvalue weighted by Crippen LogP contribution is -2.66. The highest BCUT2D eigenvalue weighted by atomic mass is 35.5. The molecule has 2 N–H and O–H groups in total. The first-order chi connectivity index (χ1) is 16.8. The van der Waals surface area contributed by atoms with Crippen molar-refractivity contribution >= 4 is 55.9 Å². The zero-order valence-electron chi connectivity index (χ0n) is 19.4. The molecule has 1 aliphatic heterocycles. The Hall–Kier alpha value is -2.76. The van der Waals surface area contributed by atoms with Crippen LogP contribution in [0.15, 0.2) is 42.6 Å². The van der Waals surface area contributed by atoms with Crippen LogP contribution in [-0.4, -0.2) is 44.6 Å². The molecule has 0 bridgehead atoms. The number of benzene rings is 1. The lowest BCUT2D eigenvalue weighted by atomic mass is 9.61. The maximum atomic E-state index is 13.2. The number of nitrogens with one attached hydrogen (secondary N) is 2. The number of alkyl halides is 2. The van der Waals surface area contributed by atoms with Gasteiger partial charge in [0.1, 0.15) is 0 Å². The Bertz CT molecular complexity index is 1440. The Morgan fingerprint density at radius 3 is 2.44 bits per heavy atom. The number of thiophene rings is 1. The van der Waals surface area contributed by atoms with E-state index in [-0.39, 0.29) is 34.9 Å². The van der Waals surface area contributed by atoms with Gasteiger partial charge in [-0.3, -0.25) is 14.5 Å². The number of nitrogens with zero attached hydrogens (tertiary/aromatic N) is 2. The van der Waals surface area contributed by atoms with E-state index < -0.39 is 15.9 Å². The standard InChI is InChI=1S/C24H23ClF2N4O3S2/c1-14-19(20-4-3-18(9-28-20)31-12-23(13-31)10-24(26,27)11-23)8-21(35-14)22(32)29-16-5-15(25)6-17(7-16)30-36(2,33)34/h3-9,30H,10-13H2,1-2H3,(H,29,32). The highest BCUT2D eigenvalue weighted by molar-refractivity contribution is 7.92. The number of amides is 1. The molecule has 7 nitrogen and oxygen atoms in total. The summed E-state index contributed by atoms with van der Waals surface area (Å²) < 4.78 is 51.9. The molecule has 1 saturated carbocycles. The second-order valence-electron chi connectivity index (χ2n) is 9.60. The normalized spacial score (nSPS) is 17.9. The van der Waals surface area contributed by atoms with Gasteiger partial charge in [0.05, 0.1) is 34.4 Å². The van der Waals surface area contributed by atoms with Crippen LogP contribution in [-0.2, 0) is 10.0 Å². The average Bonchev–Trinajstić information content (AvgIpc) is 3.10. The van der Waals surface area contributed by atoms with Crippen LogP contribution in [0.3, 0.4) is 0 Å². The molecule has 2 aromatic heterocycles. The van der Waals surface area contributed by atoms with Crippen LogP contribution in [0.25, 0.3) is 11.3 Å². The van der Waals surface area contributed by atoms with E-state index >= 15 is 0 Å². The van der Waals surface area contributed by atoms with Crippen molar-refractivity contribution in [3.63, 3.8) is 0 Å². The Labute approximate surface area is 216 Å². The fourth-order valence-electron chi connectivity index (χ4n) is 4.92. The molecule has 36 heavy (non-hydrogen) atoms. The lowest BCUT2D eigenvalue weighted by Gasteiger charge is -2.59. The third-order valence-electron chi connectivity index (χ3n) is 6.31. The Morgan fingerprint density at radius 2 is 1.83 bits per heavy atom. The summed E-state index contributed by atoms with van der Waals surface area (Å²) in [5.41, 5.74) is 2.76. The van der Waals surface area contributed by atoms with Gasteiger partial charge in [-0.1, -0.05) is 11.6 Å². The number of rotatable bonds is 6. The van der Waals surface area contributed by atoms with Crippen LogP contribution in [0.5, 0.6) is 0 Å². The number of pyridine rings is 1. The predicted octanol–water partition coefficient (Wildman–Crippen LogP) is 5.63. The van der Waals surface area contributed by atoms with Gasteiger partial charge in [-0.05, 0) is 43.3 Å². The Morgan fingerprint density at radius 1 is 1.14 bits per heavy atom. The van der Waals surface area contributed by atoms with E-state index in [0.717, 1.165) is 22.4 Å². The molecular formula is C24H23ClF2N4O3S2. The molecule has 1 aromatic carbocycles. The number of anilines is 3. The van der Waals surface area contributed by atoms with E-state index in [2.05, 4.69) is 19.9 Å². The van der Waals surface area contributed by atoms with Gasteiger partial charge < -0.3 is 10.2 Å². The van der Waals surface area contributed by atoms with Gasteiger partial charge >= 0.3 is 0 Å². The van der Waals surface area contributed by atoms with Gasteiger partial charge in [0.2, 0.25) is 15.9 Å². The molecule has 1 spiro atoms. The number of carbonyl (C=O) groups is 1. The lowest BCUT2D eigenvalue weighted by molar-refractivity contribution is -0.170. The summed E-state index contributed by atoms with van der Waals surface area (Å²) in [5.74, 6) is -2.88. The SMILES string of the molecule is Cc1sc(C(=O)Nc2cc(Cl)cc(NS(C)(=O)=O)c2)cc1-c1ccc(N2CC3(C2)CC(F)(F)C3)cn1. The van der Waals surface area contributed by atoms with Gasteiger partial charge in [0.15, 0.2) is 0 Å². The third kappa shape index (κ3) is 5.18. The van der Waals surface area contributed by atoms with Crippen LogP contribution in [0.1, 0.15) is 27.4 Å². The van der Waals surface area contributed by atoms with Crippen molar-refractivity contribution in [3.8, 4) is 11.3 Å². The molecule has 2 fully saturated rings. The second kappa shape index (κ2) is 8.67. The van der Waals surface area contributed by atoms with Crippen molar-refractivity contribution in [1.82, 2.24) is 4.98 Å². The first kappa shape index (κ1) is 24.9. The first-order valence-corrected chi connectivity index (χ1v) is 14.2. The van der Waals surface area contributed by atoms with Crippen LogP contribution >= 0.6 is 22.9 Å². The second-order valence-corrected chi connectivity index (χ2v) is 13.0. The largest absolute Gasteiger partial charge is 0.369 e. The molecule has 190 valence electrons. The van der Waals surface area contributed by atoms with Gasteiger partial charge in [-0.2, -0.15) is 0 Å². The molecule has 3 heterocycles. The third-order valence-corrected chi connectivity index (χ3v) is 8.18. The minimum absolute atomic E-state index is 0.0360. The average molecular weight is 553 g/mol. The van der Waals surface area contributed by atoms with E-state index in [1.54, 1.807) is 12.3 Å². The topological polar surface area (TPSA) is 91.4 Å². The number of sulfonamides is 1. The summed E-state index contributed by atoms with van der Waals surface area (Å²) in [6.45, 7) is 3.14. The van der Waals surface area contributed by atoms with Crippen molar-refractivity contribution in [2.24, 2.45) is 5.41 Å². The molecule has 0 unspecified atom stereocenters. The van der Waals surface area contributed by atoms with Crippen molar-refractivity contribution in [1.29, 1.82) is 0 Å². The quantitative estimate of drug-likeness (QED) is 0.413. The van der Waals surface area contributed by atoms with Crippen LogP contribution in [0.4, 0.5) is 25.8 Å². The minimum Gasteiger partial charge on any atom is -0.369 e. The fraction of sp³-hybridized carbons (Fsp3) is 0.333. The predicted molar refractivity (Wildman–Crippen MR) is 139 cm³/mol. The maximum Gasteiger partial charge on any atom is 0.265 e. The highest BCUT2D eigenvalue weighted by Gasteiger charge is 2.61. The van der Waals surface area contributed by atoms with E-state index in [1.807, 2.05) is 19.1 Å². The van der Waals surface area contributed by atoms with Gasteiger partial charge in [0, 0.05) is 52.5 Å². The van der Waals surface area contributed by atoms with Crippen LogP contribution in [0.2, 0.25) is 5.02 Å². The van der Waals surface area contributed by atoms with Crippen molar-refractivity contribution in [2.75, 3.05) is 34.3 Å². The molecule has 0 atom stereocenters. The molecule has 12 heteroatoms. The number of aromatic nitrogens is 1.